The predicted molar refractivity (Wildman–Crippen MR) is 74.6 cm³/mol. The van der Waals surface area contributed by atoms with E-state index in [-0.39, 0.29) is 6.04 Å². The van der Waals surface area contributed by atoms with Gasteiger partial charge in [-0.2, -0.15) is 5.10 Å². The number of aromatic nitrogens is 2. The molecule has 2 rings (SSSR count). The lowest BCUT2D eigenvalue weighted by Crippen LogP contribution is -2.12. The maximum atomic E-state index is 6.16. The van der Waals surface area contributed by atoms with Crippen LogP contribution in [0.1, 0.15) is 38.4 Å². The summed E-state index contributed by atoms with van der Waals surface area (Å²) in [7, 11) is 0. The molecule has 3 nitrogen and oxygen atoms in total. The summed E-state index contributed by atoms with van der Waals surface area (Å²) in [4.78, 5) is 0. The molecule has 0 fully saturated rings. The molecular weight excluding hydrogens is 222 g/mol. The zero-order chi connectivity index (χ0) is 13.0. The van der Waals surface area contributed by atoms with Gasteiger partial charge in [0, 0.05) is 12.2 Å². The number of hydrogen-bond donors (Lipinski definition) is 1. The Bertz CT molecular complexity index is 473. The maximum Gasteiger partial charge on any atom is 0.0796 e. The Balaban J connectivity index is 2.06. The molecule has 0 aliphatic heterocycles. The van der Waals surface area contributed by atoms with Crippen molar-refractivity contribution in [1.82, 2.24) is 9.78 Å². The molecule has 1 aromatic carbocycles. The molecule has 0 bridgehead atoms. The summed E-state index contributed by atoms with van der Waals surface area (Å²) in [6.07, 6.45) is 4.10. The molecule has 96 valence electrons. The second-order valence-corrected chi connectivity index (χ2v) is 5.10. The first-order chi connectivity index (χ1) is 8.66. The number of rotatable bonds is 5. The number of para-hydroxylation sites is 1. The van der Waals surface area contributed by atoms with Crippen LogP contribution in [0.4, 0.5) is 0 Å². The predicted octanol–water partition coefficient (Wildman–Crippen LogP) is 3.31. The highest BCUT2D eigenvalue weighted by Crippen LogP contribution is 2.18. The van der Waals surface area contributed by atoms with Crippen molar-refractivity contribution in [3.63, 3.8) is 0 Å². The Morgan fingerprint density at radius 1 is 1.11 bits per heavy atom. The van der Waals surface area contributed by atoms with E-state index in [1.807, 2.05) is 47.3 Å². The summed E-state index contributed by atoms with van der Waals surface area (Å²) in [6.45, 7) is 4.44. The Labute approximate surface area is 109 Å². The fourth-order valence-corrected chi connectivity index (χ4v) is 1.92. The third kappa shape index (κ3) is 3.20. The van der Waals surface area contributed by atoms with Gasteiger partial charge in [-0.3, -0.25) is 0 Å². The molecule has 2 aromatic rings. The van der Waals surface area contributed by atoms with Crippen LogP contribution in [0.3, 0.4) is 0 Å². The van der Waals surface area contributed by atoms with Crippen LogP contribution < -0.4 is 5.73 Å². The molecule has 18 heavy (non-hydrogen) atoms. The quantitative estimate of drug-likeness (QED) is 0.875. The van der Waals surface area contributed by atoms with Crippen LogP contribution >= 0.6 is 0 Å². The summed E-state index contributed by atoms with van der Waals surface area (Å²) < 4.78 is 1.88. The standard InChI is InChI=1S/C15H21N3/c1-12(2)8-9-14(16)15-10-11-18(17-15)13-6-4-3-5-7-13/h3-7,10-12,14H,8-9,16H2,1-2H3. The highest BCUT2D eigenvalue weighted by atomic mass is 15.3. The van der Waals surface area contributed by atoms with Crippen LogP contribution in [0.5, 0.6) is 0 Å². The van der Waals surface area contributed by atoms with Crippen LogP contribution in [0.15, 0.2) is 42.6 Å². The molecule has 1 aromatic heterocycles. The molecule has 0 amide bonds. The van der Waals surface area contributed by atoms with Crippen LogP contribution in [0, 0.1) is 5.92 Å². The Morgan fingerprint density at radius 3 is 2.50 bits per heavy atom. The summed E-state index contributed by atoms with van der Waals surface area (Å²) in [5.41, 5.74) is 8.20. The largest absolute Gasteiger partial charge is 0.323 e. The molecule has 0 aliphatic rings. The van der Waals surface area contributed by atoms with E-state index in [9.17, 15) is 0 Å². The van der Waals surface area contributed by atoms with Crippen LogP contribution in [-0.2, 0) is 0 Å². The highest BCUT2D eigenvalue weighted by Gasteiger charge is 2.10. The van der Waals surface area contributed by atoms with Gasteiger partial charge >= 0.3 is 0 Å². The van der Waals surface area contributed by atoms with E-state index in [0.717, 1.165) is 24.2 Å². The van der Waals surface area contributed by atoms with Gasteiger partial charge in [0.1, 0.15) is 0 Å². The molecule has 0 radical (unpaired) electrons. The molecule has 0 saturated heterocycles. The Kier molecular flexibility index (Phi) is 4.15. The lowest BCUT2D eigenvalue weighted by molar-refractivity contribution is 0.499. The van der Waals surface area contributed by atoms with Crippen molar-refractivity contribution in [1.29, 1.82) is 0 Å². The molecule has 1 atom stereocenters. The average Bonchev–Trinajstić information content (AvgIpc) is 2.86. The lowest BCUT2D eigenvalue weighted by Gasteiger charge is -2.10. The van der Waals surface area contributed by atoms with Gasteiger partial charge in [-0.15, -0.1) is 0 Å². The summed E-state index contributed by atoms with van der Waals surface area (Å²) in [5.74, 6) is 0.687. The van der Waals surface area contributed by atoms with Gasteiger partial charge in [0.15, 0.2) is 0 Å². The molecule has 1 heterocycles. The third-order valence-corrected chi connectivity index (χ3v) is 3.07. The normalized spacial score (nSPS) is 12.9. The average molecular weight is 243 g/mol. The van der Waals surface area contributed by atoms with Gasteiger partial charge in [-0.25, -0.2) is 4.68 Å². The molecule has 0 spiro atoms. The van der Waals surface area contributed by atoms with Crippen molar-refractivity contribution in [3.8, 4) is 5.69 Å². The van der Waals surface area contributed by atoms with Gasteiger partial charge < -0.3 is 5.73 Å². The minimum Gasteiger partial charge on any atom is -0.323 e. The van der Waals surface area contributed by atoms with E-state index < -0.39 is 0 Å². The first kappa shape index (κ1) is 12.8. The molecule has 0 saturated carbocycles. The first-order valence-corrected chi connectivity index (χ1v) is 6.53. The Morgan fingerprint density at radius 2 is 1.83 bits per heavy atom. The first-order valence-electron chi connectivity index (χ1n) is 6.53. The zero-order valence-corrected chi connectivity index (χ0v) is 11.1. The van der Waals surface area contributed by atoms with E-state index in [0.29, 0.717) is 5.92 Å². The van der Waals surface area contributed by atoms with Gasteiger partial charge in [0.2, 0.25) is 0 Å². The van der Waals surface area contributed by atoms with E-state index >= 15 is 0 Å². The van der Waals surface area contributed by atoms with Gasteiger partial charge in [0.05, 0.1) is 11.4 Å². The van der Waals surface area contributed by atoms with Crippen LogP contribution in [0.25, 0.3) is 5.69 Å². The van der Waals surface area contributed by atoms with E-state index in [1.165, 1.54) is 0 Å². The van der Waals surface area contributed by atoms with Crippen molar-refractivity contribution in [2.45, 2.75) is 32.7 Å². The summed E-state index contributed by atoms with van der Waals surface area (Å²) in [6, 6.07) is 12.1. The van der Waals surface area contributed by atoms with Gasteiger partial charge in [-0.1, -0.05) is 32.0 Å². The fourth-order valence-electron chi connectivity index (χ4n) is 1.92. The van der Waals surface area contributed by atoms with Crippen LogP contribution in [-0.4, -0.2) is 9.78 Å². The Hall–Kier alpha value is -1.61. The minimum atomic E-state index is 0.0392. The van der Waals surface area contributed by atoms with Crippen molar-refractivity contribution in [2.24, 2.45) is 11.7 Å². The molecule has 3 heteroatoms. The topological polar surface area (TPSA) is 43.8 Å². The van der Waals surface area contributed by atoms with Crippen molar-refractivity contribution >= 4 is 0 Å². The van der Waals surface area contributed by atoms with Crippen molar-refractivity contribution in [3.05, 3.63) is 48.3 Å². The molecule has 0 aliphatic carbocycles. The number of nitrogens with two attached hydrogens (primary N) is 1. The van der Waals surface area contributed by atoms with Gasteiger partial charge in [0.25, 0.3) is 0 Å². The lowest BCUT2D eigenvalue weighted by atomic mass is 10.0. The second-order valence-electron chi connectivity index (χ2n) is 5.10. The molecule has 1 unspecified atom stereocenters. The van der Waals surface area contributed by atoms with Crippen LogP contribution in [0.2, 0.25) is 0 Å². The molecule has 2 N–H and O–H groups in total. The van der Waals surface area contributed by atoms with Crippen molar-refractivity contribution < 1.29 is 0 Å². The zero-order valence-electron chi connectivity index (χ0n) is 11.1. The number of benzene rings is 1. The van der Waals surface area contributed by atoms with E-state index in [1.54, 1.807) is 0 Å². The highest BCUT2D eigenvalue weighted by molar-refractivity contribution is 5.30. The smallest absolute Gasteiger partial charge is 0.0796 e. The number of hydrogen-bond acceptors (Lipinski definition) is 2. The summed E-state index contributed by atoms with van der Waals surface area (Å²) >= 11 is 0. The van der Waals surface area contributed by atoms with Gasteiger partial charge in [-0.05, 0) is 37.0 Å². The SMILES string of the molecule is CC(C)CCC(N)c1ccn(-c2ccccc2)n1. The maximum absolute atomic E-state index is 6.16. The molecular formula is C15H21N3. The minimum absolute atomic E-state index is 0.0392. The summed E-state index contributed by atoms with van der Waals surface area (Å²) in [5, 5.41) is 4.55. The van der Waals surface area contributed by atoms with E-state index in [2.05, 4.69) is 18.9 Å². The van der Waals surface area contributed by atoms with E-state index in [4.69, 9.17) is 5.73 Å². The van der Waals surface area contributed by atoms with Crippen molar-refractivity contribution in [2.75, 3.05) is 0 Å². The second kappa shape index (κ2) is 5.83. The number of nitrogens with zero attached hydrogens (tertiary/aromatic N) is 2. The third-order valence-electron chi connectivity index (χ3n) is 3.07. The monoisotopic (exact) mass is 243 g/mol. The fraction of sp³-hybridized carbons (Fsp3) is 0.400.